The molecule has 0 amide bonds. The second kappa shape index (κ2) is 4.48. The molecule has 0 heterocycles. The molecule has 1 aliphatic carbocycles. The standard InChI is InChI=1S/C12H9Cl2I/c13-12(14)7-6-10(11(15)8-12)9-4-2-1-3-5-9/h1-7H,8H2. The maximum absolute atomic E-state index is 6.06. The molecule has 0 saturated heterocycles. The Balaban J connectivity index is 2.37. The van der Waals surface area contributed by atoms with Gasteiger partial charge in [0, 0.05) is 10.0 Å². The van der Waals surface area contributed by atoms with E-state index in [-0.39, 0.29) is 0 Å². The molecule has 2 rings (SSSR count). The van der Waals surface area contributed by atoms with E-state index in [9.17, 15) is 0 Å². The molecular formula is C12H9Cl2I. The van der Waals surface area contributed by atoms with Crippen LogP contribution in [0.15, 0.2) is 46.1 Å². The largest absolute Gasteiger partial charge is 0.141 e. The number of alkyl halides is 2. The van der Waals surface area contributed by atoms with Crippen LogP contribution in [-0.4, -0.2) is 4.33 Å². The Labute approximate surface area is 113 Å². The average Bonchev–Trinajstić information content (AvgIpc) is 2.17. The van der Waals surface area contributed by atoms with Gasteiger partial charge in [-0.25, -0.2) is 0 Å². The first-order valence-corrected chi connectivity index (χ1v) is 6.43. The van der Waals surface area contributed by atoms with Gasteiger partial charge in [-0.05, 0) is 39.8 Å². The number of halogens is 3. The lowest BCUT2D eigenvalue weighted by atomic mass is 9.99. The van der Waals surface area contributed by atoms with Crippen molar-refractivity contribution >= 4 is 51.4 Å². The number of hydrogen-bond acceptors (Lipinski definition) is 0. The minimum Gasteiger partial charge on any atom is -0.0966 e. The zero-order valence-electron chi connectivity index (χ0n) is 7.88. The van der Waals surface area contributed by atoms with Crippen molar-refractivity contribution in [2.45, 2.75) is 10.8 Å². The predicted octanol–water partition coefficient (Wildman–Crippen LogP) is 4.97. The first kappa shape index (κ1) is 11.5. The third-order valence-electron chi connectivity index (χ3n) is 2.26. The van der Waals surface area contributed by atoms with Gasteiger partial charge in [0.25, 0.3) is 0 Å². The van der Waals surface area contributed by atoms with Crippen molar-refractivity contribution in [1.82, 2.24) is 0 Å². The molecule has 0 aliphatic heterocycles. The van der Waals surface area contributed by atoms with E-state index < -0.39 is 4.33 Å². The van der Waals surface area contributed by atoms with Crippen molar-refractivity contribution in [3.05, 3.63) is 51.6 Å². The monoisotopic (exact) mass is 350 g/mol. The molecule has 1 aromatic carbocycles. The van der Waals surface area contributed by atoms with Gasteiger partial charge in [-0.15, -0.1) is 0 Å². The van der Waals surface area contributed by atoms with Crippen LogP contribution in [0.3, 0.4) is 0 Å². The summed E-state index contributed by atoms with van der Waals surface area (Å²) in [6, 6.07) is 10.3. The molecule has 0 N–H and O–H groups in total. The molecule has 0 unspecified atom stereocenters. The Bertz CT molecular complexity index is 419. The van der Waals surface area contributed by atoms with Gasteiger partial charge >= 0.3 is 0 Å². The van der Waals surface area contributed by atoms with Crippen LogP contribution in [-0.2, 0) is 0 Å². The quantitative estimate of drug-likeness (QED) is 0.495. The molecule has 0 nitrogen and oxygen atoms in total. The van der Waals surface area contributed by atoms with E-state index >= 15 is 0 Å². The van der Waals surface area contributed by atoms with Crippen LogP contribution in [0, 0.1) is 0 Å². The maximum atomic E-state index is 6.06. The summed E-state index contributed by atoms with van der Waals surface area (Å²) in [5, 5.41) is 0. The zero-order valence-corrected chi connectivity index (χ0v) is 11.6. The molecule has 3 heteroatoms. The highest BCUT2D eigenvalue weighted by Gasteiger charge is 2.26. The third kappa shape index (κ3) is 2.77. The molecule has 0 aromatic heterocycles. The lowest BCUT2D eigenvalue weighted by Crippen LogP contribution is -2.12. The fourth-order valence-corrected chi connectivity index (χ4v) is 3.46. The van der Waals surface area contributed by atoms with Crippen molar-refractivity contribution in [2.24, 2.45) is 0 Å². The van der Waals surface area contributed by atoms with E-state index in [1.165, 1.54) is 14.7 Å². The molecule has 0 saturated carbocycles. The highest BCUT2D eigenvalue weighted by molar-refractivity contribution is 14.1. The van der Waals surface area contributed by atoms with Crippen molar-refractivity contribution in [2.75, 3.05) is 0 Å². The minimum absolute atomic E-state index is 0.678. The van der Waals surface area contributed by atoms with E-state index in [0.29, 0.717) is 6.42 Å². The summed E-state index contributed by atoms with van der Waals surface area (Å²) >= 11 is 14.4. The summed E-state index contributed by atoms with van der Waals surface area (Å²) in [5.74, 6) is 0. The smallest absolute Gasteiger partial charge is 0.0966 e. The Hall–Kier alpha value is 0.01000. The molecule has 0 fully saturated rings. The molecule has 0 atom stereocenters. The fraction of sp³-hybridized carbons (Fsp3) is 0.167. The number of rotatable bonds is 1. The van der Waals surface area contributed by atoms with Crippen LogP contribution in [0.4, 0.5) is 0 Å². The molecule has 1 aromatic rings. The Morgan fingerprint density at radius 3 is 2.40 bits per heavy atom. The van der Waals surface area contributed by atoms with E-state index in [2.05, 4.69) is 34.7 Å². The summed E-state index contributed by atoms with van der Waals surface area (Å²) in [4.78, 5) is 0. The molecule has 78 valence electrons. The van der Waals surface area contributed by atoms with Gasteiger partial charge in [0.15, 0.2) is 0 Å². The van der Waals surface area contributed by atoms with Crippen LogP contribution >= 0.6 is 45.8 Å². The van der Waals surface area contributed by atoms with Crippen molar-refractivity contribution < 1.29 is 0 Å². The van der Waals surface area contributed by atoms with Crippen LogP contribution in [0.25, 0.3) is 5.57 Å². The zero-order chi connectivity index (χ0) is 10.9. The average molecular weight is 351 g/mol. The van der Waals surface area contributed by atoms with Crippen LogP contribution < -0.4 is 0 Å². The highest BCUT2D eigenvalue weighted by Crippen LogP contribution is 2.41. The SMILES string of the molecule is ClC1(Cl)C=CC(c2ccccc2)=C(I)C1. The van der Waals surface area contributed by atoms with Crippen LogP contribution in [0.5, 0.6) is 0 Å². The predicted molar refractivity (Wildman–Crippen MR) is 75.6 cm³/mol. The topological polar surface area (TPSA) is 0 Å². The first-order chi connectivity index (χ1) is 7.08. The van der Waals surface area contributed by atoms with Gasteiger partial charge in [0.1, 0.15) is 4.33 Å². The molecule has 1 aliphatic rings. The maximum Gasteiger partial charge on any atom is 0.141 e. The first-order valence-electron chi connectivity index (χ1n) is 4.60. The van der Waals surface area contributed by atoms with E-state index in [0.717, 1.165) is 0 Å². The number of allylic oxidation sites excluding steroid dienone is 4. The summed E-state index contributed by atoms with van der Waals surface area (Å²) in [5.41, 5.74) is 2.43. The summed E-state index contributed by atoms with van der Waals surface area (Å²) in [6.45, 7) is 0. The number of hydrogen-bond donors (Lipinski definition) is 0. The number of benzene rings is 1. The van der Waals surface area contributed by atoms with Gasteiger partial charge in [-0.3, -0.25) is 0 Å². The molecule has 0 spiro atoms. The minimum atomic E-state index is -0.741. The van der Waals surface area contributed by atoms with Crippen molar-refractivity contribution in [3.8, 4) is 0 Å². The molecular weight excluding hydrogens is 342 g/mol. The molecule has 15 heavy (non-hydrogen) atoms. The van der Waals surface area contributed by atoms with Crippen molar-refractivity contribution in [3.63, 3.8) is 0 Å². The van der Waals surface area contributed by atoms with Gasteiger partial charge in [-0.1, -0.05) is 59.6 Å². The fourth-order valence-electron chi connectivity index (χ4n) is 1.53. The van der Waals surface area contributed by atoms with E-state index in [4.69, 9.17) is 23.2 Å². The van der Waals surface area contributed by atoms with Gasteiger partial charge in [0.05, 0.1) is 0 Å². The van der Waals surface area contributed by atoms with Gasteiger partial charge < -0.3 is 0 Å². The lowest BCUT2D eigenvalue weighted by Gasteiger charge is -2.21. The third-order valence-corrected chi connectivity index (χ3v) is 3.74. The van der Waals surface area contributed by atoms with Crippen LogP contribution in [0.1, 0.15) is 12.0 Å². The Morgan fingerprint density at radius 2 is 1.80 bits per heavy atom. The Kier molecular flexibility index (Phi) is 3.43. The second-order valence-electron chi connectivity index (χ2n) is 3.46. The van der Waals surface area contributed by atoms with E-state index in [1.807, 2.05) is 30.4 Å². The molecule has 0 radical (unpaired) electrons. The summed E-state index contributed by atoms with van der Waals surface area (Å²) in [6.07, 6.45) is 4.53. The van der Waals surface area contributed by atoms with Crippen molar-refractivity contribution in [1.29, 1.82) is 0 Å². The summed E-state index contributed by atoms with van der Waals surface area (Å²) < 4.78 is 0.459. The summed E-state index contributed by atoms with van der Waals surface area (Å²) in [7, 11) is 0. The van der Waals surface area contributed by atoms with Crippen LogP contribution in [0.2, 0.25) is 0 Å². The second-order valence-corrected chi connectivity index (χ2v) is 6.30. The normalized spacial score (nSPS) is 19.4. The highest BCUT2D eigenvalue weighted by atomic mass is 127. The van der Waals surface area contributed by atoms with Gasteiger partial charge in [0.2, 0.25) is 0 Å². The van der Waals surface area contributed by atoms with E-state index in [1.54, 1.807) is 0 Å². The van der Waals surface area contributed by atoms with Gasteiger partial charge in [-0.2, -0.15) is 0 Å². The molecule has 0 bridgehead atoms. The Morgan fingerprint density at radius 1 is 1.13 bits per heavy atom. The lowest BCUT2D eigenvalue weighted by molar-refractivity contribution is 0.959.